The van der Waals surface area contributed by atoms with Crippen LogP contribution in [0.3, 0.4) is 0 Å². The zero-order chi connectivity index (χ0) is 25.0. The van der Waals surface area contributed by atoms with E-state index < -0.39 is 10.0 Å². The molecule has 2 aliphatic rings. The minimum Gasteiger partial charge on any atom is -0.355 e. The summed E-state index contributed by atoms with van der Waals surface area (Å²) in [5, 5.41) is 21.5. The highest BCUT2D eigenvalue weighted by molar-refractivity contribution is 7.98. The zero-order valence-electron chi connectivity index (χ0n) is 19.4. The highest BCUT2D eigenvalue weighted by Gasteiger charge is 2.25. The Morgan fingerprint density at radius 3 is 2.40 bits per heavy atom. The molecule has 8 nitrogen and oxygen atoms in total. The molecule has 180 valence electrons. The number of nitrogens with zero attached hydrogens (tertiary/aromatic N) is 5. The van der Waals surface area contributed by atoms with Crippen LogP contribution in [0, 0.1) is 22.7 Å². The van der Waals surface area contributed by atoms with Gasteiger partial charge in [0, 0.05) is 31.1 Å². The normalized spacial score (nSPS) is 17.3. The molecule has 0 atom stereocenters. The van der Waals surface area contributed by atoms with Crippen molar-refractivity contribution in [3.8, 4) is 12.1 Å². The van der Waals surface area contributed by atoms with E-state index in [4.69, 9.17) is 10.7 Å². The van der Waals surface area contributed by atoms with Crippen molar-refractivity contribution < 1.29 is 8.42 Å². The number of thioether (sulfide) groups is 1. The van der Waals surface area contributed by atoms with Gasteiger partial charge < -0.3 is 10.6 Å². The van der Waals surface area contributed by atoms with E-state index in [1.807, 2.05) is 19.1 Å². The van der Waals surface area contributed by atoms with Crippen LogP contribution in [-0.2, 0) is 22.2 Å². The first-order chi connectivity index (χ1) is 16.9. The Hall–Kier alpha value is -3.31. The van der Waals surface area contributed by atoms with Crippen LogP contribution in [0.2, 0.25) is 0 Å². The summed E-state index contributed by atoms with van der Waals surface area (Å²) in [5.74, 6) is 1.17. The Kier molecular flexibility index (Phi) is 7.46. The Labute approximate surface area is 210 Å². The second kappa shape index (κ2) is 10.5. The standard InChI is InChI=1S/C25H26N6O2S2/c1-2-21-22(15-26)24(30-12-9-19(28)10-13-30)29-25(23(21)16-27)34-17-18-5-7-20(8-6-18)31-11-3-4-14-35(31,32)33/h3-8,11,14,19H,2,9-10,12-13,17,28H2,1H3. The molecule has 1 fully saturated rings. The van der Waals surface area contributed by atoms with Crippen molar-refractivity contribution in [2.24, 2.45) is 5.73 Å². The lowest BCUT2D eigenvalue weighted by Gasteiger charge is -2.32. The van der Waals surface area contributed by atoms with Crippen molar-refractivity contribution in [3.05, 3.63) is 70.3 Å². The van der Waals surface area contributed by atoms with Crippen molar-refractivity contribution >= 4 is 33.3 Å². The molecule has 1 saturated heterocycles. The molecule has 35 heavy (non-hydrogen) atoms. The van der Waals surface area contributed by atoms with Gasteiger partial charge in [0.2, 0.25) is 0 Å². The molecule has 0 spiro atoms. The summed E-state index contributed by atoms with van der Waals surface area (Å²) in [4.78, 5) is 6.89. The average molecular weight is 507 g/mol. The van der Waals surface area contributed by atoms with Gasteiger partial charge in [-0.05, 0) is 54.7 Å². The van der Waals surface area contributed by atoms with E-state index in [-0.39, 0.29) is 6.04 Å². The molecule has 1 aromatic carbocycles. The minimum absolute atomic E-state index is 0.157. The number of benzene rings is 1. The summed E-state index contributed by atoms with van der Waals surface area (Å²) in [6.45, 7) is 3.40. The van der Waals surface area contributed by atoms with Gasteiger partial charge in [-0.2, -0.15) is 10.5 Å². The number of anilines is 2. The van der Waals surface area contributed by atoms with Crippen LogP contribution in [-0.4, -0.2) is 32.5 Å². The van der Waals surface area contributed by atoms with Crippen LogP contribution in [0.5, 0.6) is 0 Å². The van der Waals surface area contributed by atoms with E-state index >= 15 is 0 Å². The van der Waals surface area contributed by atoms with E-state index in [2.05, 4.69) is 17.0 Å². The Morgan fingerprint density at radius 2 is 1.80 bits per heavy atom. The van der Waals surface area contributed by atoms with Crippen LogP contribution in [0.15, 0.2) is 53.1 Å². The fourth-order valence-electron chi connectivity index (χ4n) is 4.17. The maximum atomic E-state index is 12.3. The number of rotatable bonds is 6. The molecule has 2 aliphatic heterocycles. The number of hydrogen-bond donors (Lipinski definition) is 1. The van der Waals surface area contributed by atoms with E-state index in [1.54, 1.807) is 18.2 Å². The van der Waals surface area contributed by atoms with Gasteiger partial charge in [-0.15, -0.1) is 11.8 Å². The number of hydrogen-bond acceptors (Lipinski definition) is 8. The molecule has 10 heteroatoms. The third-order valence-corrected chi connectivity index (χ3v) is 8.52. The molecule has 4 rings (SSSR count). The second-order valence-electron chi connectivity index (χ2n) is 8.34. The number of sulfonamides is 1. The quantitative estimate of drug-likeness (QED) is 0.586. The SMILES string of the molecule is CCc1c(C#N)c(SCc2ccc(N3C=CC=CS3(=O)=O)cc2)nc(N2CCC(N)CC2)c1C#N. The minimum atomic E-state index is -3.51. The molecule has 2 N–H and O–H groups in total. The fraction of sp³-hybridized carbons (Fsp3) is 0.320. The van der Waals surface area contributed by atoms with Crippen LogP contribution in [0.25, 0.3) is 0 Å². The van der Waals surface area contributed by atoms with Crippen molar-refractivity contribution in [1.29, 1.82) is 10.5 Å². The summed E-state index contributed by atoms with van der Waals surface area (Å²) < 4.78 is 25.7. The molecule has 2 aromatic rings. The van der Waals surface area contributed by atoms with Crippen molar-refractivity contribution in [1.82, 2.24) is 4.98 Å². The van der Waals surface area contributed by atoms with Gasteiger partial charge in [0.15, 0.2) is 0 Å². The predicted octanol–water partition coefficient (Wildman–Crippen LogP) is 3.78. The van der Waals surface area contributed by atoms with Gasteiger partial charge in [0.25, 0.3) is 10.0 Å². The van der Waals surface area contributed by atoms with E-state index in [0.717, 1.165) is 42.5 Å². The summed E-state index contributed by atoms with van der Waals surface area (Å²) >= 11 is 1.44. The zero-order valence-corrected chi connectivity index (χ0v) is 21.0. The lowest BCUT2D eigenvalue weighted by Crippen LogP contribution is -2.40. The molecule has 3 heterocycles. The van der Waals surface area contributed by atoms with Gasteiger partial charge in [0.05, 0.1) is 22.2 Å². The van der Waals surface area contributed by atoms with Crippen LogP contribution in [0.1, 0.15) is 42.0 Å². The number of allylic oxidation sites excluding steroid dienone is 2. The molecule has 0 saturated carbocycles. The van der Waals surface area contributed by atoms with Gasteiger partial charge in [-0.3, -0.25) is 0 Å². The summed E-state index contributed by atoms with van der Waals surface area (Å²) in [6, 6.07) is 12.0. The van der Waals surface area contributed by atoms with Gasteiger partial charge in [-0.1, -0.05) is 19.1 Å². The number of piperidine rings is 1. The van der Waals surface area contributed by atoms with Crippen molar-refractivity contribution in [3.63, 3.8) is 0 Å². The van der Waals surface area contributed by atoms with Crippen molar-refractivity contribution in [2.45, 2.75) is 43.0 Å². The molecule has 0 aliphatic carbocycles. The third kappa shape index (κ3) is 5.20. The molecule has 0 bridgehead atoms. The number of pyridine rings is 1. The smallest absolute Gasteiger partial charge is 0.261 e. The van der Waals surface area contributed by atoms with Crippen LogP contribution < -0.4 is 14.9 Å². The monoisotopic (exact) mass is 506 g/mol. The van der Waals surface area contributed by atoms with E-state index in [9.17, 15) is 18.9 Å². The number of nitriles is 2. The van der Waals surface area contributed by atoms with Crippen LogP contribution in [0.4, 0.5) is 11.5 Å². The second-order valence-corrected chi connectivity index (χ2v) is 11.0. The summed E-state index contributed by atoms with van der Waals surface area (Å²) in [6.07, 6.45) is 6.90. The van der Waals surface area contributed by atoms with Crippen molar-refractivity contribution in [2.75, 3.05) is 22.3 Å². The Bertz CT molecular complexity index is 1350. The van der Waals surface area contributed by atoms with E-state index in [0.29, 0.717) is 39.8 Å². The molecule has 0 radical (unpaired) electrons. The van der Waals surface area contributed by atoms with Crippen LogP contribution >= 0.6 is 11.8 Å². The maximum Gasteiger partial charge on any atom is 0.261 e. The first-order valence-corrected chi connectivity index (χ1v) is 13.9. The molecular weight excluding hydrogens is 480 g/mol. The lowest BCUT2D eigenvalue weighted by molar-refractivity contribution is 0.497. The van der Waals surface area contributed by atoms with Gasteiger partial charge in [-0.25, -0.2) is 17.7 Å². The van der Waals surface area contributed by atoms with E-state index in [1.165, 1.54) is 28.3 Å². The molecule has 0 unspecified atom stereocenters. The maximum absolute atomic E-state index is 12.3. The first-order valence-electron chi connectivity index (χ1n) is 11.4. The van der Waals surface area contributed by atoms with Gasteiger partial charge >= 0.3 is 0 Å². The summed E-state index contributed by atoms with van der Waals surface area (Å²) in [5.41, 5.74) is 9.21. The van der Waals surface area contributed by atoms with Gasteiger partial charge in [0.1, 0.15) is 23.0 Å². The highest BCUT2D eigenvalue weighted by atomic mass is 32.2. The predicted molar refractivity (Wildman–Crippen MR) is 138 cm³/mol. The average Bonchev–Trinajstić information content (AvgIpc) is 2.87. The summed E-state index contributed by atoms with van der Waals surface area (Å²) in [7, 11) is -3.51. The number of nitrogens with two attached hydrogens (primary N) is 1. The Balaban J connectivity index is 1.60. The molecule has 0 amide bonds. The largest absolute Gasteiger partial charge is 0.355 e. The number of aromatic nitrogens is 1. The molecular formula is C25H26N6O2S2. The third-order valence-electron chi connectivity index (χ3n) is 6.09. The topological polar surface area (TPSA) is 127 Å². The Morgan fingerprint density at radius 1 is 1.11 bits per heavy atom. The molecule has 1 aromatic heterocycles. The first kappa shape index (κ1) is 24.8. The fourth-order valence-corrected chi connectivity index (χ4v) is 6.21. The lowest BCUT2D eigenvalue weighted by atomic mass is 10.00. The highest BCUT2D eigenvalue weighted by Crippen LogP contribution is 2.34.